The van der Waals surface area contributed by atoms with E-state index in [1.54, 1.807) is 28.2 Å². The van der Waals surface area contributed by atoms with Crippen LogP contribution in [0.3, 0.4) is 0 Å². The molecule has 3 aromatic heterocycles. The summed E-state index contributed by atoms with van der Waals surface area (Å²) in [5.41, 5.74) is 0.608. The van der Waals surface area contributed by atoms with Crippen molar-refractivity contribution in [3.05, 3.63) is 33.7 Å². The molecule has 1 unspecified atom stereocenters. The van der Waals surface area contributed by atoms with E-state index in [4.69, 9.17) is 11.6 Å². The van der Waals surface area contributed by atoms with Gasteiger partial charge in [0.15, 0.2) is 11.5 Å². The van der Waals surface area contributed by atoms with Crippen LogP contribution in [-0.4, -0.2) is 25.0 Å². The fraction of sp³-hybridized carbons (Fsp3) is 0.200. The van der Waals surface area contributed by atoms with E-state index in [2.05, 4.69) is 25.8 Å². The van der Waals surface area contributed by atoms with Crippen LogP contribution in [-0.2, 0) is 0 Å². The first-order valence-electron chi connectivity index (χ1n) is 5.28. The van der Waals surface area contributed by atoms with Gasteiger partial charge < -0.3 is 5.32 Å². The molecule has 1 atom stereocenters. The molecule has 0 amide bonds. The maximum atomic E-state index is 5.93. The molecule has 8 heteroatoms. The number of nitrogens with zero attached hydrogens (tertiary/aromatic N) is 5. The molecular weight excluding hydrogens is 272 g/mol. The summed E-state index contributed by atoms with van der Waals surface area (Å²) in [5, 5.41) is 14.7. The highest BCUT2D eigenvalue weighted by atomic mass is 35.5. The van der Waals surface area contributed by atoms with E-state index in [-0.39, 0.29) is 6.04 Å². The molecule has 0 bridgehead atoms. The monoisotopic (exact) mass is 280 g/mol. The Hall–Kier alpha value is -1.73. The van der Waals surface area contributed by atoms with Crippen molar-refractivity contribution >= 4 is 34.4 Å². The van der Waals surface area contributed by atoms with Gasteiger partial charge in [-0.3, -0.25) is 4.98 Å². The second kappa shape index (κ2) is 4.51. The first kappa shape index (κ1) is 11.4. The number of hydrogen-bond donors (Lipinski definition) is 1. The summed E-state index contributed by atoms with van der Waals surface area (Å²) in [5.74, 6) is 0.745. The predicted molar refractivity (Wildman–Crippen MR) is 69.9 cm³/mol. The Morgan fingerprint density at radius 2 is 2.28 bits per heavy atom. The molecule has 0 radical (unpaired) electrons. The third kappa shape index (κ3) is 2.02. The predicted octanol–water partition coefficient (Wildman–Crippen LogP) is 2.41. The van der Waals surface area contributed by atoms with Gasteiger partial charge in [0.05, 0.1) is 22.8 Å². The third-order valence-corrected chi connectivity index (χ3v) is 3.91. The molecule has 0 aliphatic rings. The van der Waals surface area contributed by atoms with Crippen molar-refractivity contribution in [3.8, 4) is 0 Å². The largest absolute Gasteiger partial charge is 0.361 e. The lowest BCUT2D eigenvalue weighted by molar-refractivity contribution is 0.801. The summed E-state index contributed by atoms with van der Waals surface area (Å²) in [4.78, 5) is 5.23. The van der Waals surface area contributed by atoms with Gasteiger partial charge in [-0.05, 0) is 29.5 Å². The molecule has 0 saturated heterocycles. The number of tetrazole rings is 1. The fourth-order valence-electron chi connectivity index (χ4n) is 1.63. The SMILES string of the molecule is CC(Nc1cncc2nnnn12)c1ccc(Cl)s1. The zero-order valence-corrected chi connectivity index (χ0v) is 11.0. The molecule has 0 aliphatic carbocycles. The summed E-state index contributed by atoms with van der Waals surface area (Å²) >= 11 is 7.47. The van der Waals surface area contributed by atoms with Crippen molar-refractivity contribution in [3.63, 3.8) is 0 Å². The molecule has 3 rings (SSSR count). The molecule has 0 aromatic carbocycles. The van der Waals surface area contributed by atoms with E-state index in [1.807, 2.05) is 19.1 Å². The third-order valence-electron chi connectivity index (χ3n) is 2.49. The Balaban J connectivity index is 1.90. The number of anilines is 1. The van der Waals surface area contributed by atoms with Crippen LogP contribution in [0.4, 0.5) is 5.82 Å². The first-order chi connectivity index (χ1) is 8.74. The van der Waals surface area contributed by atoms with E-state index in [0.29, 0.717) is 5.65 Å². The highest BCUT2D eigenvalue weighted by molar-refractivity contribution is 7.16. The van der Waals surface area contributed by atoms with Crippen LogP contribution < -0.4 is 5.32 Å². The topological polar surface area (TPSA) is 68.0 Å². The zero-order valence-electron chi connectivity index (χ0n) is 9.41. The second-order valence-electron chi connectivity index (χ2n) is 3.75. The molecule has 0 saturated carbocycles. The summed E-state index contributed by atoms with van der Waals surface area (Å²) in [6, 6.07) is 3.99. The van der Waals surface area contributed by atoms with Gasteiger partial charge in [0.25, 0.3) is 0 Å². The van der Waals surface area contributed by atoms with Crippen molar-refractivity contribution in [2.45, 2.75) is 13.0 Å². The molecule has 18 heavy (non-hydrogen) atoms. The molecule has 0 spiro atoms. The summed E-state index contributed by atoms with van der Waals surface area (Å²) in [7, 11) is 0. The van der Waals surface area contributed by atoms with Gasteiger partial charge in [-0.25, -0.2) is 0 Å². The van der Waals surface area contributed by atoms with Gasteiger partial charge in [-0.1, -0.05) is 11.6 Å². The normalized spacial score (nSPS) is 12.8. The van der Waals surface area contributed by atoms with Gasteiger partial charge in [0.2, 0.25) is 0 Å². The lowest BCUT2D eigenvalue weighted by atomic mass is 10.3. The van der Waals surface area contributed by atoms with Crippen molar-refractivity contribution in [1.29, 1.82) is 0 Å². The molecule has 92 valence electrons. The Morgan fingerprint density at radius 3 is 3.06 bits per heavy atom. The first-order valence-corrected chi connectivity index (χ1v) is 6.47. The summed E-state index contributed by atoms with van der Waals surface area (Å²) in [6.07, 6.45) is 3.30. The number of nitrogens with one attached hydrogen (secondary N) is 1. The van der Waals surface area contributed by atoms with Crippen LogP contribution in [0.15, 0.2) is 24.5 Å². The van der Waals surface area contributed by atoms with E-state index in [9.17, 15) is 0 Å². The minimum atomic E-state index is 0.110. The molecule has 0 fully saturated rings. The van der Waals surface area contributed by atoms with Crippen LogP contribution in [0.5, 0.6) is 0 Å². The molecule has 6 nitrogen and oxygen atoms in total. The van der Waals surface area contributed by atoms with Crippen molar-refractivity contribution in [1.82, 2.24) is 25.0 Å². The number of rotatable bonds is 3. The van der Waals surface area contributed by atoms with E-state index >= 15 is 0 Å². The quantitative estimate of drug-likeness (QED) is 0.798. The average molecular weight is 281 g/mol. The van der Waals surface area contributed by atoms with Gasteiger partial charge in [-0.15, -0.1) is 16.4 Å². The van der Waals surface area contributed by atoms with Gasteiger partial charge in [-0.2, -0.15) is 4.52 Å². The molecule has 1 N–H and O–H groups in total. The lowest BCUT2D eigenvalue weighted by Crippen LogP contribution is -2.09. The van der Waals surface area contributed by atoms with Crippen molar-refractivity contribution < 1.29 is 0 Å². The van der Waals surface area contributed by atoms with Crippen LogP contribution in [0, 0.1) is 0 Å². The summed E-state index contributed by atoms with van der Waals surface area (Å²) in [6.45, 7) is 2.05. The van der Waals surface area contributed by atoms with E-state index in [1.165, 1.54) is 0 Å². The standard InChI is InChI=1S/C10H9ClN6S/c1-6(7-2-3-8(11)18-7)13-9-4-12-5-10-14-15-16-17(9)10/h2-6,13H,1H3. The van der Waals surface area contributed by atoms with Crippen LogP contribution >= 0.6 is 22.9 Å². The number of thiophene rings is 1. The van der Waals surface area contributed by atoms with Crippen LogP contribution in [0.25, 0.3) is 5.65 Å². The van der Waals surface area contributed by atoms with E-state index in [0.717, 1.165) is 15.0 Å². The Kier molecular flexibility index (Phi) is 2.85. The smallest absolute Gasteiger partial charge is 0.199 e. The highest BCUT2D eigenvalue weighted by Crippen LogP contribution is 2.28. The van der Waals surface area contributed by atoms with E-state index < -0.39 is 0 Å². The van der Waals surface area contributed by atoms with Crippen LogP contribution in [0.2, 0.25) is 4.34 Å². The highest BCUT2D eigenvalue weighted by Gasteiger charge is 2.11. The number of halogens is 1. The second-order valence-corrected chi connectivity index (χ2v) is 5.50. The maximum Gasteiger partial charge on any atom is 0.199 e. The molecular formula is C10H9ClN6S. The molecule has 0 aliphatic heterocycles. The zero-order chi connectivity index (χ0) is 12.5. The molecule has 3 heterocycles. The Labute approximate surface area is 112 Å². The number of fused-ring (bicyclic) bond motifs is 1. The van der Waals surface area contributed by atoms with Gasteiger partial charge in [0, 0.05) is 4.88 Å². The van der Waals surface area contributed by atoms with Crippen molar-refractivity contribution in [2.75, 3.05) is 5.32 Å². The van der Waals surface area contributed by atoms with Gasteiger partial charge >= 0.3 is 0 Å². The molecule has 3 aromatic rings. The Bertz CT molecular complexity index is 678. The average Bonchev–Trinajstić information content (AvgIpc) is 2.97. The van der Waals surface area contributed by atoms with Crippen LogP contribution in [0.1, 0.15) is 17.8 Å². The fourth-order valence-corrected chi connectivity index (χ4v) is 2.69. The van der Waals surface area contributed by atoms with Crippen molar-refractivity contribution in [2.24, 2.45) is 0 Å². The van der Waals surface area contributed by atoms with Gasteiger partial charge in [0.1, 0.15) is 0 Å². The maximum absolute atomic E-state index is 5.93. The summed E-state index contributed by atoms with van der Waals surface area (Å²) < 4.78 is 2.39. The number of aromatic nitrogens is 5. The Morgan fingerprint density at radius 1 is 1.39 bits per heavy atom. The minimum absolute atomic E-state index is 0.110. The lowest BCUT2D eigenvalue weighted by Gasteiger charge is -2.13. The number of hydrogen-bond acceptors (Lipinski definition) is 6. The minimum Gasteiger partial charge on any atom is -0.361 e.